The van der Waals surface area contributed by atoms with Crippen LogP contribution in [0.15, 0.2) is 0 Å². The highest BCUT2D eigenvalue weighted by molar-refractivity contribution is 5.85. The molecule has 0 spiro atoms. The van der Waals surface area contributed by atoms with Crippen molar-refractivity contribution in [1.29, 1.82) is 0 Å². The van der Waals surface area contributed by atoms with Crippen molar-refractivity contribution in [3.05, 3.63) is 0 Å². The highest BCUT2D eigenvalue weighted by Gasteiger charge is 2.40. The molecule has 4 nitrogen and oxygen atoms in total. The average molecular weight is 341 g/mol. The number of hydrogen-bond acceptors (Lipinski definition) is 3. The first-order chi connectivity index (χ1) is 9.00. The summed E-state index contributed by atoms with van der Waals surface area (Å²) in [4.78, 5) is 13.8. The number of hydrogen-bond donors (Lipinski definition) is 2. The van der Waals surface area contributed by atoms with E-state index in [4.69, 9.17) is 0 Å². The molecule has 1 aliphatic heterocycles. The lowest BCUT2D eigenvalue weighted by molar-refractivity contribution is -0.146. The lowest BCUT2D eigenvalue weighted by atomic mass is 9.73. The van der Waals surface area contributed by atoms with Gasteiger partial charge in [-0.1, -0.05) is 27.2 Å². The minimum absolute atomic E-state index is 0. The van der Waals surface area contributed by atoms with E-state index >= 15 is 0 Å². The lowest BCUT2D eigenvalue weighted by Crippen LogP contribution is -2.61. The van der Waals surface area contributed by atoms with Gasteiger partial charge in [0.2, 0.25) is 0 Å². The summed E-state index contributed by atoms with van der Waals surface area (Å²) in [5.74, 6) is 1.34. The minimum Gasteiger partial charge on any atom is -0.480 e. The number of carboxylic acid groups (broad SMARTS) is 1. The van der Waals surface area contributed by atoms with Crippen LogP contribution in [0.2, 0.25) is 0 Å². The molecule has 1 aliphatic carbocycles. The zero-order valence-electron chi connectivity index (χ0n) is 13.2. The SMILES string of the molecule is CC1CCC(C(C)C)C(N2CCNC[C@@H]2C(=O)O)C1.Cl.Cl. The number of nitrogens with zero attached hydrogens (tertiary/aromatic N) is 1. The molecule has 1 heterocycles. The van der Waals surface area contributed by atoms with Gasteiger partial charge in [0.15, 0.2) is 0 Å². The van der Waals surface area contributed by atoms with Crippen molar-refractivity contribution in [3.63, 3.8) is 0 Å². The first kappa shape index (κ1) is 21.0. The summed E-state index contributed by atoms with van der Waals surface area (Å²) in [6.07, 6.45) is 3.70. The van der Waals surface area contributed by atoms with E-state index in [-0.39, 0.29) is 30.9 Å². The van der Waals surface area contributed by atoms with Crippen LogP contribution in [0.1, 0.15) is 40.0 Å². The maximum Gasteiger partial charge on any atom is 0.322 e. The highest BCUT2D eigenvalue weighted by Crippen LogP contribution is 2.37. The van der Waals surface area contributed by atoms with E-state index in [1.165, 1.54) is 12.8 Å². The summed E-state index contributed by atoms with van der Waals surface area (Å²) in [7, 11) is 0. The number of halogens is 2. The van der Waals surface area contributed by atoms with Gasteiger partial charge in [-0.2, -0.15) is 0 Å². The number of carboxylic acids is 1. The first-order valence-electron chi connectivity index (χ1n) is 7.70. The molecule has 2 rings (SSSR count). The van der Waals surface area contributed by atoms with Gasteiger partial charge in [-0.15, -0.1) is 24.8 Å². The molecule has 21 heavy (non-hydrogen) atoms. The summed E-state index contributed by atoms with van der Waals surface area (Å²) in [6.45, 7) is 9.25. The van der Waals surface area contributed by atoms with Gasteiger partial charge >= 0.3 is 5.97 Å². The molecule has 3 unspecified atom stereocenters. The number of aliphatic carboxylic acids is 1. The molecule has 0 radical (unpaired) electrons. The Hall–Kier alpha value is -0.0300. The minimum atomic E-state index is -0.673. The molecule has 2 N–H and O–H groups in total. The zero-order valence-corrected chi connectivity index (χ0v) is 14.9. The third kappa shape index (κ3) is 4.98. The van der Waals surface area contributed by atoms with Gasteiger partial charge in [0, 0.05) is 25.7 Å². The van der Waals surface area contributed by atoms with Gasteiger partial charge in [-0.3, -0.25) is 9.69 Å². The molecular formula is C15H30Cl2N2O2. The Labute approximate surface area is 140 Å². The van der Waals surface area contributed by atoms with Crippen LogP contribution < -0.4 is 5.32 Å². The van der Waals surface area contributed by atoms with Gasteiger partial charge < -0.3 is 10.4 Å². The molecular weight excluding hydrogens is 311 g/mol. The van der Waals surface area contributed by atoms with E-state index in [1.54, 1.807) is 0 Å². The Morgan fingerprint density at radius 3 is 2.52 bits per heavy atom. The quantitative estimate of drug-likeness (QED) is 0.829. The fourth-order valence-corrected chi connectivity index (χ4v) is 3.88. The second-order valence-corrected chi connectivity index (χ2v) is 6.69. The standard InChI is InChI=1S/C15H28N2O2.2ClH/c1-10(2)12-5-4-11(3)8-13(12)17-7-6-16-9-14(17)15(18)19;;/h10-14,16H,4-9H2,1-3H3,(H,18,19);2*1H/t11?,12?,13?,14-;;/m1../s1. The average Bonchev–Trinajstić information content (AvgIpc) is 2.38. The van der Waals surface area contributed by atoms with E-state index in [2.05, 4.69) is 31.0 Å². The topological polar surface area (TPSA) is 52.6 Å². The molecule has 0 aromatic rings. The summed E-state index contributed by atoms with van der Waals surface area (Å²) < 4.78 is 0. The second kappa shape index (κ2) is 9.19. The van der Waals surface area contributed by atoms with Crippen molar-refractivity contribution < 1.29 is 9.90 Å². The van der Waals surface area contributed by atoms with Crippen LogP contribution in [0, 0.1) is 17.8 Å². The van der Waals surface area contributed by atoms with Crippen LogP contribution in [0.3, 0.4) is 0 Å². The molecule has 0 aromatic carbocycles. The van der Waals surface area contributed by atoms with Gasteiger partial charge in [-0.05, 0) is 30.6 Å². The molecule has 0 aromatic heterocycles. The van der Waals surface area contributed by atoms with E-state index < -0.39 is 5.97 Å². The Kier molecular flexibility index (Phi) is 9.17. The summed E-state index contributed by atoms with van der Waals surface area (Å²) in [5.41, 5.74) is 0. The van der Waals surface area contributed by atoms with E-state index in [0.717, 1.165) is 25.4 Å². The van der Waals surface area contributed by atoms with Crippen LogP contribution in [0.5, 0.6) is 0 Å². The number of rotatable bonds is 3. The predicted molar refractivity (Wildman–Crippen MR) is 90.6 cm³/mol. The zero-order chi connectivity index (χ0) is 14.0. The van der Waals surface area contributed by atoms with Crippen molar-refractivity contribution in [2.24, 2.45) is 17.8 Å². The molecule has 0 bridgehead atoms. The molecule has 126 valence electrons. The Bertz CT molecular complexity index is 329. The molecule has 6 heteroatoms. The van der Waals surface area contributed by atoms with Crippen LogP contribution in [-0.2, 0) is 4.79 Å². The van der Waals surface area contributed by atoms with Crippen LogP contribution in [0.4, 0.5) is 0 Å². The maximum absolute atomic E-state index is 11.5. The van der Waals surface area contributed by atoms with Gasteiger partial charge in [-0.25, -0.2) is 0 Å². The van der Waals surface area contributed by atoms with Crippen molar-refractivity contribution in [2.45, 2.75) is 52.1 Å². The van der Waals surface area contributed by atoms with Crippen molar-refractivity contribution >= 4 is 30.8 Å². The van der Waals surface area contributed by atoms with Crippen molar-refractivity contribution in [2.75, 3.05) is 19.6 Å². The maximum atomic E-state index is 11.5. The van der Waals surface area contributed by atoms with Gasteiger partial charge in [0.25, 0.3) is 0 Å². The van der Waals surface area contributed by atoms with E-state index in [1.807, 2.05) is 0 Å². The van der Waals surface area contributed by atoms with Crippen LogP contribution >= 0.6 is 24.8 Å². The number of piperazine rings is 1. The molecule has 0 amide bonds. The molecule has 1 saturated carbocycles. The molecule has 4 atom stereocenters. The predicted octanol–water partition coefficient (Wildman–Crippen LogP) is 2.65. The van der Waals surface area contributed by atoms with Gasteiger partial charge in [0.1, 0.15) is 6.04 Å². The highest BCUT2D eigenvalue weighted by atomic mass is 35.5. The van der Waals surface area contributed by atoms with Crippen molar-refractivity contribution in [3.8, 4) is 0 Å². The van der Waals surface area contributed by atoms with E-state index in [0.29, 0.717) is 24.4 Å². The summed E-state index contributed by atoms with van der Waals surface area (Å²) in [5, 5.41) is 12.7. The monoisotopic (exact) mass is 340 g/mol. The van der Waals surface area contributed by atoms with Crippen LogP contribution in [-0.4, -0.2) is 47.7 Å². The smallest absolute Gasteiger partial charge is 0.322 e. The van der Waals surface area contributed by atoms with Crippen LogP contribution in [0.25, 0.3) is 0 Å². The Balaban J connectivity index is 0.00000200. The Morgan fingerprint density at radius 1 is 1.29 bits per heavy atom. The second-order valence-electron chi connectivity index (χ2n) is 6.69. The largest absolute Gasteiger partial charge is 0.480 e. The molecule has 2 aliphatic rings. The summed E-state index contributed by atoms with van der Waals surface area (Å²) in [6, 6.07) is 0.109. The van der Waals surface area contributed by atoms with Crippen molar-refractivity contribution in [1.82, 2.24) is 10.2 Å². The number of carbonyl (C=O) groups is 1. The molecule has 1 saturated heterocycles. The fourth-order valence-electron chi connectivity index (χ4n) is 3.88. The summed E-state index contributed by atoms with van der Waals surface area (Å²) >= 11 is 0. The number of nitrogens with one attached hydrogen (secondary N) is 1. The first-order valence-corrected chi connectivity index (χ1v) is 7.70. The van der Waals surface area contributed by atoms with E-state index in [9.17, 15) is 9.90 Å². The molecule has 2 fully saturated rings. The lowest BCUT2D eigenvalue weighted by Gasteiger charge is -2.47. The third-order valence-corrected chi connectivity index (χ3v) is 4.98. The van der Waals surface area contributed by atoms with Gasteiger partial charge in [0.05, 0.1) is 0 Å². The third-order valence-electron chi connectivity index (χ3n) is 4.98. The fraction of sp³-hybridized carbons (Fsp3) is 0.933. The Morgan fingerprint density at radius 2 is 1.95 bits per heavy atom. The normalized spacial score (nSPS) is 33.9.